The molecule has 0 spiro atoms. The van der Waals surface area contributed by atoms with Gasteiger partial charge in [0.1, 0.15) is 30.1 Å². The summed E-state index contributed by atoms with van der Waals surface area (Å²) in [6.45, 7) is 1.73. The summed E-state index contributed by atoms with van der Waals surface area (Å²) in [6, 6.07) is 14.1. The first-order chi connectivity index (χ1) is 14.9. The molecular weight excluding hydrogens is 407 g/mol. The molecule has 0 radical (unpaired) electrons. The van der Waals surface area contributed by atoms with Gasteiger partial charge in [0.25, 0.3) is 0 Å². The number of benzene rings is 3. The molecule has 2 atom stereocenters. The monoisotopic (exact) mass is 427 g/mol. The number of aromatic nitrogens is 2. The molecule has 4 rings (SSSR count). The van der Waals surface area contributed by atoms with Crippen molar-refractivity contribution in [3.63, 3.8) is 0 Å². The van der Waals surface area contributed by atoms with Crippen LogP contribution in [0, 0.1) is 17.5 Å². The maximum Gasteiger partial charge on any atom is 0.167 e. The average Bonchev–Trinajstić information content (AvgIpc) is 3.16. The highest BCUT2D eigenvalue weighted by Crippen LogP contribution is 2.25. The van der Waals surface area contributed by atoms with Gasteiger partial charge in [-0.15, -0.1) is 0 Å². The lowest BCUT2D eigenvalue weighted by Gasteiger charge is -2.23. The Hall–Kier alpha value is -3.52. The van der Waals surface area contributed by atoms with Gasteiger partial charge in [0.15, 0.2) is 11.6 Å². The van der Waals surface area contributed by atoms with E-state index in [4.69, 9.17) is 15.2 Å². The molecule has 160 valence electrons. The summed E-state index contributed by atoms with van der Waals surface area (Å²) in [7, 11) is 0. The molecule has 0 aliphatic rings. The van der Waals surface area contributed by atoms with Crippen LogP contribution >= 0.6 is 0 Å². The van der Waals surface area contributed by atoms with Gasteiger partial charge in [-0.1, -0.05) is 0 Å². The Balaban J connectivity index is 1.51. The SMILES string of the molecule is C[C@H](N)[C@@H](COc1ccc(F)cc1F)Oc1ccc2c(cnn2-c2ccc(F)cc2)c1. The molecule has 0 fully saturated rings. The van der Waals surface area contributed by atoms with Crippen molar-refractivity contribution in [3.8, 4) is 17.2 Å². The van der Waals surface area contributed by atoms with Crippen molar-refractivity contribution in [2.24, 2.45) is 5.73 Å². The second kappa shape index (κ2) is 8.69. The van der Waals surface area contributed by atoms with Crippen molar-refractivity contribution >= 4 is 10.9 Å². The Morgan fingerprint density at radius 3 is 2.42 bits per heavy atom. The Labute approximate surface area is 176 Å². The minimum atomic E-state index is -0.793. The maximum atomic E-state index is 13.8. The molecule has 1 aromatic heterocycles. The van der Waals surface area contributed by atoms with E-state index < -0.39 is 23.8 Å². The molecule has 0 saturated carbocycles. The van der Waals surface area contributed by atoms with Crippen LogP contribution in [-0.2, 0) is 0 Å². The molecule has 0 amide bonds. The Morgan fingerprint density at radius 1 is 0.968 bits per heavy atom. The van der Waals surface area contributed by atoms with Gasteiger partial charge in [-0.25, -0.2) is 17.9 Å². The van der Waals surface area contributed by atoms with Gasteiger partial charge in [-0.2, -0.15) is 5.10 Å². The Kier molecular flexibility index (Phi) is 5.81. The van der Waals surface area contributed by atoms with Crippen LogP contribution in [0.25, 0.3) is 16.6 Å². The summed E-state index contributed by atoms with van der Waals surface area (Å²) in [6.07, 6.45) is 1.10. The molecule has 0 bridgehead atoms. The smallest absolute Gasteiger partial charge is 0.167 e. The van der Waals surface area contributed by atoms with E-state index in [0.29, 0.717) is 5.75 Å². The lowest BCUT2D eigenvalue weighted by atomic mass is 10.2. The van der Waals surface area contributed by atoms with Gasteiger partial charge in [0.05, 0.1) is 17.4 Å². The Bertz CT molecular complexity index is 1190. The zero-order valence-electron chi connectivity index (χ0n) is 16.6. The van der Waals surface area contributed by atoms with Crippen LogP contribution in [0.1, 0.15) is 6.92 Å². The van der Waals surface area contributed by atoms with Crippen LogP contribution in [0.5, 0.6) is 11.5 Å². The molecule has 0 saturated heterocycles. The van der Waals surface area contributed by atoms with E-state index in [9.17, 15) is 13.2 Å². The molecule has 8 heteroatoms. The number of fused-ring (bicyclic) bond motifs is 1. The number of hydrogen-bond donors (Lipinski definition) is 1. The fraction of sp³-hybridized carbons (Fsp3) is 0.174. The highest BCUT2D eigenvalue weighted by molar-refractivity contribution is 5.81. The molecule has 0 aliphatic carbocycles. The fourth-order valence-electron chi connectivity index (χ4n) is 3.10. The van der Waals surface area contributed by atoms with Crippen LogP contribution in [0.3, 0.4) is 0 Å². The highest BCUT2D eigenvalue weighted by atomic mass is 19.1. The molecule has 31 heavy (non-hydrogen) atoms. The molecule has 5 nitrogen and oxygen atoms in total. The van der Waals surface area contributed by atoms with E-state index in [1.165, 1.54) is 18.2 Å². The molecular formula is C23H20F3N3O2. The van der Waals surface area contributed by atoms with Gasteiger partial charge in [0, 0.05) is 17.5 Å². The summed E-state index contributed by atoms with van der Waals surface area (Å²) < 4.78 is 53.2. The van der Waals surface area contributed by atoms with Crippen molar-refractivity contribution in [1.82, 2.24) is 9.78 Å². The fourth-order valence-corrected chi connectivity index (χ4v) is 3.10. The molecule has 3 aromatic carbocycles. The molecule has 0 aliphatic heterocycles. The van der Waals surface area contributed by atoms with E-state index >= 15 is 0 Å². The zero-order chi connectivity index (χ0) is 22.0. The van der Waals surface area contributed by atoms with Gasteiger partial charge in [-0.3, -0.25) is 0 Å². The van der Waals surface area contributed by atoms with Gasteiger partial charge in [0.2, 0.25) is 0 Å². The number of rotatable bonds is 7. The lowest BCUT2D eigenvalue weighted by molar-refractivity contribution is 0.109. The van der Waals surface area contributed by atoms with Crippen LogP contribution in [0.4, 0.5) is 13.2 Å². The summed E-state index contributed by atoms with van der Waals surface area (Å²) in [5.41, 5.74) is 7.56. The van der Waals surface area contributed by atoms with Crippen molar-refractivity contribution in [2.45, 2.75) is 19.1 Å². The third kappa shape index (κ3) is 4.64. The molecule has 4 aromatic rings. The largest absolute Gasteiger partial charge is 0.487 e. The summed E-state index contributed by atoms with van der Waals surface area (Å²) in [5.74, 6) is -1.33. The topological polar surface area (TPSA) is 62.3 Å². The second-order valence-corrected chi connectivity index (χ2v) is 7.15. The highest BCUT2D eigenvalue weighted by Gasteiger charge is 2.19. The molecule has 2 N–H and O–H groups in total. The Morgan fingerprint density at radius 2 is 1.71 bits per heavy atom. The first kappa shape index (κ1) is 20.7. The number of nitrogens with two attached hydrogens (primary N) is 1. The lowest BCUT2D eigenvalue weighted by Crippen LogP contribution is -2.41. The van der Waals surface area contributed by atoms with E-state index in [1.807, 2.05) is 6.07 Å². The van der Waals surface area contributed by atoms with Crippen molar-refractivity contribution in [2.75, 3.05) is 6.61 Å². The minimum absolute atomic E-state index is 0.0207. The predicted molar refractivity (Wildman–Crippen MR) is 111 cm³/mol. The van der Waals surface area contributed by atoms with Crippen molar-refractivity contribution < 1.29 is 22.6 Å². The van der Waals surface area contributed by atoms with Crippen molar-refractivity contribution in [3.05, 3.63) is 84.3 Å². The normalized spacial score (nSPS) is 13.2. The minimum Gasteiger partial charge on any atom is -0.487 e. The van der Waals surface area contributed by atoms with E-state index in [1.54, 1.807) is 42.1 Å². The van der Waals surface area contributed by atoms with Crippen LogP contribution < -0.4 is 15.2 Å². The second-order valence-electron chi connectivity index (χ2n) is 7.15. The summed E-state index contributed by atoms with van der Waals surface area (Å²) in [4.78, 5) is 0. The molecule has 0 unspecified atom stereocenters. The van der Waals surface area contributed by atoms with E-state index in [0.717, 1.165) is 28.7 Å². The van der Waals surface area contributed by atoms with E-state index in [-0.39, 0.29) is 18.2 Å². The van der Waals surface area contributed by atoms with Gasteiger partial charge < -0.3 is 15.2 Å². The molecule has 1 heterocycles. The van der Waals surface area contributed by atoms with E-state index in [2.05, 4.69) is 5.10 Å². The number of nitrogens with zero attached hydrogens (tertiary/aromatic N) is 2. The maximum absolute atomic E-state index is 13.8. The number of hydrogen-bond acceptors (Lipinski definition) is 4. The first-order valence-corrected chi connectivity index (χ1v) is 9.64. The third-order valence-corrected chi connectivity index (χ3v) is 4.78. The van der Waals surface area contributed by atoms with Crippen molar-refractivity contribution in [1.29, 1.82) is 0 Å². The predicted octanol–water partition coefficient (Wildman–Crippen LogP) is 4.62. The van der Waals surface area contributed by atoms with Crippen LogP contribution in [0.2, 0.25) is 0 Å². The summed E-state index contributed by atoms with van der Waals surface area (Å²) in [5, 5.41) is 5.18. The first-order valence-electron chi connectivity index (χ1n) is 9.64. The number of halogens is 3. The summed E-state index contributed by atoms with van der Waals surface area (Å²) >= 11 is 0. The van der Waals surface area contributed by atoms with Crippen LogP contribution in [0.15, 0.2) is 66.9 Å². The zero-order valence-corrected chi connectivity index (χ0v) is 16.6. The quantitative estimate of drug-likeness (QED) is 0.468. The standard InChI is InChI=1S/C23H20F3N3O2/c1-14(27)23(13-30-22-9-4-17(25)11-20(22)26)31-19-7-8-21-15(10-19)12-28-29(21)18-5-2-16(24)3-6-18/h2-12,14,23H,13,27H2,1H3/t14-,23+/m0/s1. The number of ether oxygens (including phenoxy) is 2. The average molecular weight is 427 g/mol. The van der Waals surface area contributed by atoms with Gasteiger partial charge in [-0.05, 0) is 61.5 Å². The third-order valence-electron chi connectivity index (χ3n) is 4.78. The van der Waals surface area contributed by atoms with Gasteiger partial charge >= 0.3 is 0 Å². The van der Waals surface area contributed by atoms with Crippen LogP contribution in [-0.4, -0.2) is 28.5 Å².